The molecule has 17 heavy (non-hydrogen) atoms. The van der Waals surface area contributed by atoms with E-state index in [2.05, 4.69) is 15.9 Å². The second kappa shape index (κ2) is 4.22. The van der Waals surface area contributed by atoms with E-state index in [0.717, 1.165) is 6.42 Å². The minimum absolute atomic E-state index is 0.00368. The third kappa shape index (κ3) is 2.24. The highest BCUT2D eigenvalue weighted by Crippen LogP contribution is 2.41. The zero-order chi connectivity index (χ0) is 12.7. The first-order valence-electron chi connectivity index (χ1n) is 5.40. The Morgan fingerprint density at radius 1 is 1.53 bits per heavy atom. The zero-order valence-corrected chi connectivity index (χ0v) is 11.2. The highest BCUT2D eigenvalue weighted by Gasteiger charge is 2.40. The van der Waals surface area contributed by atoms with Gasteiger partial charge in [0.2, 0.25) is 0 Å². The molecule has 0 amide bonds. The lowest BCUT2D eigenvalue weighted by Crippen LogP contribution is -2.07. The largest absolute Gasteiger partial charge is 0.294 e. The van der Waals surface area contributed by atoms with Gasteiger partial charge in [0.1, 0.15) is 0 Å². The molecule has 0 N–H and O–H groups in total. The Bertz CT molecular complexity index is 513. The summed E-state index contributed by atoms with van der Waals surface area (Å²) in [5, 5.41) is 10.9. The van der Waals surface area contributed by atoms with E-state index in [4.69, 9.17) is 0 Å². The molecule has 0 bridgehead atoms. The molecule has 0 heterocycles. The number of Topliss-reactive ketones (excluding diaryl/α,β-unsaturated/α-hetero) is 1. The van der Waals surface area contributed by atoms with E-state index in [1.807, 2.05) is 6.92 Å². The van der Waals surface area contributed by atoms with Crippen molar-refractivity contribution in [2.75, 3.05) is 0 Å². The number of benzene rings is 1. The summed E-state index contributed by atoms with van der Waals surface area (Å²) in [6, 6.07) is 3.11. The van der Waals surface area contributed by atoms with Crippen LogP contribution in [0.1, 0.15) is 29.3 Å². The van der Waals surface area contributed by atoms with E-state index < -0.39 is 4.92 Å². The van der Waals surface area contributed by atoms with Gasteiger partial charge in [-0.3, -0.25) is 14.9 Å². The molecule has 4 nitrogen and oxygen atoms in total. The van der Waals surface area contributed by atoms with Gasteiger partial charge in [-0.2, -0.15) is 0 Å². The first-order valence-corrected chi connectivity index (χ1v) is 6.20. The molecular formula is C12H12BrNO3. The molecule has 0 aromatic heterocycles. The van der Waals surface area contributed by atoms with Gasteiger partial charge in [0.05, 0.1) is 4.92 Å². The van der Waals surface area contributed by atoms with E-state index in [1.165, 1.54) is 6.07 Å². The minimum atomic E-state index is -0.451. The summed E-state index contributed by atoms with van der Waals surface area (Å²) in [5.41, 5.74) is 0.929. The maximum atomic E-state index is 12.1. The van der Waals surface area contributed by atoms with Crippen LogP contribution in [-0.2, 0) is 0 Å². The third-order valence-corrected chi connectivity index (χ3v) is 3.71. The molecule has 2 atom stereocenters. The number of nitrogens with zero attached hydrogens (tertiary/aromatic N) is 1. The van der Waals surface area contributed by atoms with Crippen LogP contribution in [-0.4, -0.2) is 10.7 Å². The molecule has 1 aliphatic carbocycles. The maximum Gasteiger partial charge on any atom is 0.274 e. The molecule has 0 saturated heterocycles. The van der Waals surface area contributed by atoms with E-state index in [1.54, 1.807) is 13.0 Å². The Balaban J connectivity index is 2.46. The number of carbonyl (C=O) groups excluding carboxylic acids is 1. The van der Waals surface area contributed by atoms with Crippen LogP contribution in [0.15, 0.2) is 16.6 Å². The Morgan fingerprint density at radius 2 is 2.12 bits per heavy atom. The van der Waals surface area contributed by atoms with Crippen LogP contribution in [0.25, 0.3) is 0 Å². The Hall–Kier alpha value is -1.23. The molecule has 1 saturated carbocycles. The van der Waals surface area contributed by atoms with Gasteiger partial charge in [-0.05, 0) is 25.3 Å². The monoisotopic (exact) mass is 297 g/mol. The summed E-state index contributed by atoms with van der Waals surface area (Å²) in [7, 11) is 0. The topological polar surface area (TPSA) is 60.2 Å². The molecule has 0 aliphatic heterocycles. The smallest absolute Gasteiger partial charge is 0.274 e. The SMILES string of the molecule is Cc1c(C(=O)[C@@H]2CC2C)cc(Br)cc1[N+](=O)[O-]. The maximum absolute atomic E-state index is 12.1. The van der Waals surface area contributed by atoms with Crippen LogP contribution in [0.5, 0.6) is 0 Å². The zero-order valence-electron chi connectivity index (χ0n) is 9.57. The molecule has 1 aliphatic rings. The first-order chi connectivity index (χ1) is 7.91. The van der Waals surface area contributed by atoms with Crippen molar-refractivity contribution in [1.29, 1.82) is 0 Å². The number of carbonyl (C=O) groups is 1. The molecule has 0 spiro atoms. The van der Waals surface area contributed by atoms with Crippen LogP contribution in [0.4, 0.5) is 5.69 Å². The summed E-state index contributed by atoms with van der Waals surface area (Å²) < 4.78 is 0.575. The number of hydrogen-bond acceptors (Lipinski definition) is 3. The number of nitro groups is 1. The number of nitro benzene ring substituents is 1. The van der Waals surface area contributed by atoms with Crippen LogP contribution in [0, 0.1) is 28.9 Å². The molecule has 0 radical (unpaired) electrons. The fourth-order valence-electron chi connectivity index (χ4n) is 2.00. The summed E-state index contributed by atoms with van der Waals surface area (Å²) >= 11 is 3.21. The molecular weight excluding hydrogens is 286 g/mol. The van der Waals surface area contributed by atoms with Gasteiger partial charge >= 0.3 is 0 Å². The highest BCUT2D eigenvalue weighted by molar-refractivity contribution is 9.10. The second-order valence-corrected chi connectivity index (χ2v) is 5.45. The van der Waals surface area contributed by atoms with Gasteiger partial charge in [0.15, 0.2) is 5.78 Å². The molecule has 1 fully saturated rings. The van der Waals surface area contributed by atoms with Crippen molar-refractivity contribution >= 4 is 27.4 Å². The van der Waals surface area contributed by atoms with Gasteiger partial charge in [-0.15, -0.1) is 0 Å². The fraction of sp³-hybridized carbons (Fsp3) is 0.417. The average molecular weight is 298 g/mol. The summed E-state index contributed by atoms with van der Waals surface area (Å²) in [5.74, 6) is 0.474. The van der Waals surface area contributed by atoms with Gasteiger partial charge < -0.3 is 0 Å². The van der Waals surface area contributed by atoms with E-state index in [0.29, 0.717) is 21.5 Å². The average Bonchev–Trinajstić information content (AvgIpc) is 2.97. The van der Waals surface area contributed by atoms with Gasteiger partial charge in [0.25, 0.3) is 5.69 Å². The molecule has 5 heteroatoms. The molecule has 1 aromatic rings. The van der Waals surface area contributed by atoms with Crippen molar-refractivity contribution in [2.45, 2.75) is 20.3 Å². The summed E-state index contributed by atoms with van der Waals surface area (Å²) in [6.45, 7) is 3.65. The molecule has 1 aromatic carbocycles. The molecule has 1 unspecified atom stereocenters. The van der Waals surface area contributed by atoms with E-state index in [-0.39, 0.29) is 17.4 Å². The van der Waals surface area contributed by atoms with Crippen LogP contribution in [0.3, 0.4) is 0 Å². The highest BCUT2D eigenvalue weighted by atomic mass is 79.9. The van der Waals surface area contributed by atoms with Crippen molar-refractivity contribution in [1.82, 2.24) is 0 Å². The predicted molar refractivity (Wildman–Crippen MR) is 67.1 cm³/mol. The van der Waals surface area contributed by atoms with Crippen molar-refractivity contribution < 1.29 is 9.72 Å². The summed E-state index contributed by atoms with van der Waals surface area (Å²) in [4.78, 5) is 22.5. The quantitative estimate of drug-likeness (QED) is 0.487. The number of ketones is 1. The predicted octanol–water partition coefficient (Wildman–Crippen LogP) is 3.50. The van der Waals surface area contributed by atoms with Crippen molar-refractivity contribution in [3.05, 3.63) is 37.8 Å². The molecule has 2 rings (SSSR count). The van der Waals surface area contributed by atoms with Crippen molar-refractivity contribution in [3.8, 4) is 0 Å². The van der Waals surface area contributed by atoms with E-state index in [9.17, 15) is 14.9 Å². The molecule has 90 valence electrons. The van der Waals surface area contributed by atoms with Gasteiger partial charge in [0, 0.05) is 27.6 Å². The van der Waals surface area contributed by atoms with Gasteiger partial charge in [-0.25, -0.2) is 0 Å². The lowest BCUT2D eigenvalue weighted by molar-refractivity contribution is -0.385. The minimum Gasteiger partial charge on any atom is -0.294 e. The van der Waals surface area contributed by atoms with Crippen molar-refractivity contribution in [2.24, 2.45) is 11.8 Å². The Morgan fingerprint density at radius 3 is 2.59 bits per heavy atom. The number of hydrogen-bond donors (Lipinski definition) is 0. The first kappa shape index (κ1) is 12.2. The number of halogens is 1. The Labute approximate surface area is 107 Å². The van der Waals surface area contributed by atoms with Crippen LogP contribution in [0.2, 0.25) is 0 Å². The summed E-state index contributed by atoms with van der Waals surface area (Å²) in [6.07, 6.45) is 0.887. The Kier molecular flexibility index (Phi) is 3.03. The van der Waals surface area contributed by atoms with Crippen molar-refractivity contribution in [3.63, 3.8) is 0 Å². The van der Waals surface area contributed by atoms with Crippen LogP contribution >= 0.6 is 15.9 Å². The third-order valence-electron chi connectivity index (χ3n) is 3.25. The van der Waals surface area contributed by atoms with Gasteiger partial charge in [-0.1, -0.05) is 22.9 Å². The normalized spacial score (nSPS) is 22.3. The number of rotatable bonds is 3. The van der Waals surface area contributed by atoms with Crippen LogP contribution < -0.4 is 0 Å². The standard InChI is InChI=1S/C12H12BrNO3/c1-6-3-9(6)12(15)10-4-8(13)5-11(7(10)2)14(16)17/h4-6,9H,3H2,1-2H3/t6?,9-/m1/s1. The lowest BCUT2D eigenvalue weighted by atomic mass is 9.99. The van der Waals surface area contributed by atoms with E-state index >= 15 is 0 Å². The lowest BCUT2D eigenvalue weighted by Gasteiger charge is -2.06. The fourth-order valence-corrected chi connectivity index (χ4v) is 2.44. The second-order valence-electron chi connectivity index (χ2n) is 4.54.